The van der Waals surface area contributed by atoms with Crippen molar-refractivity contribution in [2.75, 3.05) is 11.9 Å². The number of nitrogens with zero attached hydrogens (tertiary/aromatic N) is 3. The van der Waals surface area contributed by atoms with Crippen molar-refractivity contribution in [3.8, 4) is 17.2 Å². The van der Waals surface area contributed by atoms with Crippen molar-refractivity contribution in [2.24, 2.45) is 5.73 Å². The molecule has 196 valence electrons. The van der Waals surface area contributed by atoms with Crippen molar-refractivity contribution in [1.82, 2.24) is 15.1 Å². The van der Waals surface area contributed by atoms with Crippen LogP contribution in [-0.2, 0) is 27.4 Å². The molecule has 10 heteroatoms. The minimum atomic E-state index is -0.858. The van der Waals surface area contributed by atoms with Gasteiger partial charge in [0.2, 0.25) is 11.8 Å². The molecule has 0 saturated heterocycles. The molecule has 0 aliphatic carbocycles. The Balaban J connectivity index is 1.34. The first-order chi connectivity index (χ1) is 18.5. The molecule has 0 saturated carbocycles. The van der Waals surface area contributed by atoms with Gasteiger partial charge in [0.1, 0.15) is 18.5 Å². The van der Waals surface area contributed by atoms with E-state index in [2.05, 4.69) is 20.4 Å². The fraction of sp³-hybridized carbons (Fsp3) is 0.250. The molecular weight excluding hydrogens is 486 g/mol. The number of rotatable bonds is 12. The average Bonchev–Trinajstić information content (AvgIpc) is 3.40. The second kappa shape index (κ2) is 13.1. The lowest BCUT2D eigenvalue weighted by atomic mass is 10.1. The highest BCUT2D eigenvalue weighted by molar-refractivity contribution is 5.93. The molecule has 0 aliphatic rings. The number of hydrogen-bond donors (Lipinski definition) is 2. The molecule has 1 amide bonds. The van der Waals surface area contributed by atoms with Crippen LogP contribution in [0.1, 0.15) is 36.6 Å². The first-order valence-electron chi connectivity index (χ1n) is 12.3. The van der Waals surface area contributed by atoms with Gasteiger partial charge in [-0.3, -0.25) is 9.59 Å². The quantitative estimate of drug-likeness (QED) is 0.268. The van der Waals surface area contributed by atoms with E-state index < -0.39 is 12.0 Å². The summed E-state index contributed by atoms with van der Waals surface area (Å²) in [5.41, 5.74) is 9.19. The first-order valence-corrected chi connectivity index (χ1v) is 12.3. The molecule has 38 heavy (non-hydrogen) atoms. The van der Waals surface area contributed by atoms with Crippen molar-refractivity contribution in [2.45, 2.75) is 38.8 Å². The van der Waals surface area contributed by atoms with Gasteiger partial charge >= 0.3 is 5.97 Å². The van der Waals surface area contributed by atoms with Crippen LogP contribution in [0.2, 0.25) is 0 Å². The Bertz CT molecular complexity index is 1340. The molecule has 0 radical (unpaired) electrons. The van der Waals surface area contributed by atoms with Crippen molar-refractivity contribution < 1.29 is 23.6 Å². The van der Waals surface area contributed by atoms with Crippen molar-refractivity contribution >= 4 is 17.7 Å². The second-order valence-corrected chi connectivity index (χ2v) is 8.48. The number of nitrogens with two attached hydrogens (primary N) is 1. The van der Waals surface area contributed by atoms with Gasteiger partial charge in [0.05, 0.1) is 17.9 Å². The minimum Gasteiger partial charge on any atom is -0.473 e. The summed E-state index contributed by atoms with van der Waals surface area (Å²) >= 11 is 0. The van der Waals surface area contributed by atoms with Gasteiger partial charge < -0.3 is 25.0 Å². The molecule has 0 aliphatic heterocycles. The number of carbonyl (C=O) groups excluding carboxylic acids is 2. The number of nitrogens with one attached hydrogen (secondary N) is 1. The van der Waals surface area contributed by atoms with Gasteiger partial charge in [-0.1, -0.05) is 35.5 Å². The number of pyridine rings is 2. The topological polar surface area (TPSA) is 142 Å². The molecule has 0 spiro atoms. The van der Waals surface area contributed by atoms with E-state index in [-0.39, 0.29) is 25.4 Å². The summed E-state index contributed by atoms with van der Waals surface area (Å²) in [7, 11) is 0. The van der Waals surface area contributed by atoms with Crippen LogP contribution in [0.15, 0.2) is 77.6 Å². The molecule has 3 N–H and O–H groups in total. The first kappa shape index (κ1) is 26.5. The van der Waals surface area contributed by atoms with Gasteiger partial charge in [0, 0.05) is 37.4 Å². The van der Waals surface area contributed by atoms with E-state index in [1.807, 2.05) is 48.5 Å². The number of hydrogen-bond acceptors (Lipinski definition) is 9. The Labute approximate surface area is 220 Å². The lowest BCUT2D eigenvalue weighted by Gasteiger charge is -2.11. The molecular formula is C28H29N5O5. The zero-order valence-corrected chi connectivity index (χ0v) is 21.0. The molecule has 0 unspecified atom stereocenters. The third-order valence-corrected chi connectivity index (χ3v) is 5.59. The molecule has 10 nitrogen and oxygen atoms in total. The van der Waals surface area contributed by atoms with E-state index in [4.69, 9.17) is 19.7 Å². The van der Waals surface area contributed by atoms with Crippen LogP contribution in [0.4, 0.5) is 5.82 Å². The normalized spacial score (nSPS) is 11.5. The molecule has 1 atom stereocenters. The third-order valence-electron chi connectivity index (χ3n) is 5.59. The summed E-state index contributed by atoms with van der Waals surface area (Å²) < 4.78 is 16.1. The molecule has 0 bridgehead atoms. The highest BCUT2D eigenvalue weighted by atomic mass is 16.5. The monoisotopic (exact) mass is 515 g/mol. The summed E-state index contributed by atoms with van der Waals surface area (Å²) in [4.78, 5) is 32.6. The zero-order valence-electron chi connectivity index (χ0n) is 21.0. The Morgan fingerprint density at radius 2 is 1.82 bits per heavy atom. The molecule has 3 heterocycles. The van der Waals surface area contributed by atoms with Crippen LogP contribution in [-0.4, -0.2) is 39.6 Å². The Hall–Kier alpha value is -4.57. The van der Waals surface area contributed by atoms with Gasteiger partial charge in [-0.15, -0.1) is 0 Å². The van der Waals surface area contributed by atoms with E-state index in [1.54, 1.807) is 31.5 Å². The number of carbonyl (C=O) groups is 2. The van der Waals surface area contributed by atoms with E-state index in [9.17, 15) is 9.59 Å². The summed E-state index contributed by atoms with van der Waals surface area (Å²) in [6, 6.07) is 18.1. The van der Waals surface area contributed by atoms with Gasteiger partial charge in [0.15, 0.2) is 5.76 Å². The smallest absolute Gasteiger partial charge is 0.322 e. The van der Waals surface area contributed by atoms with Crippen LogP contribution >= 0.6 is 0 Å². The van der Waals surface area contributed by atoms with E-state index in [0.29, 0.717) is 36.0 Å². The standard InChI is InChI=1S/C28H29N5O5/c1-2-36-28(35)23(29)12-13-25(34)32-27-22(6-5-15-31-27)24-17-21(33-38-24)16-19-8-10-20(11-9-19)18-37-26-7-3-4-14-30-26/h3-11,14-15,17,23H,2,12-13,16,18,29H2,1H3,(H,31,32,34)/t23-/m0/s1. The van der Waals surface area contributed by atoms with Crippen LogP contribution in [0.5, 0.6) is 5.88 Å². The maximum absolute atomic E-state index is 12.5. The number of benzene rings is 1. The van der Waals surface area contributed by atoms with E-state index >= 15 is 0 Å². The Morgan fingerprint density at radius 1 is 1.03 bits per heavy atom. The molecule has 3 aromatic heterocycles. The Kier molecular flexibility index (Phi) is 9.14. The molecule has 4 rings (SSSR count). The number of amides is 1. The number of esters is 1. The SMILES string of the molecule is CCOC(=O)[C@@H](N)CCC(=O)Nc1ncccc1-c1cc(Cc2ccc(COc3ccccn3)cc2)no1. The highest BCUT2D eigenvalue weighted by Gasteiger charge is 2.18. The molecule has 0 fully saturated rings. The number of anilines is 1. The molecule has 4 aromatic rings. The lowest BCUT2D eigenvalue weighted by Crippen LogP contribution is -2.33. The Morgan fingerprint density at radius 3 is 2.58 bits per heavy atom. The minimum absolute atomic E-state index is 0.0422. The van der Waals surface area contributed by atoms with E-state index in [0.717, 1.165) is 16.8 Å². The van der Waals surface area contributed by atoms with Crippen molar-refractivity contribution in [1.29, 1.82) is 0 Å². The predicted molar refractivity (Wildman–Crippen MR) is 140 cm³/mol. The fourth-order valence-corrected chi connectivity index (χ4v) is 3.63. The summed E-state index contributed by atoms with van der Waals surface area (Å²) in [5.74, 6) is 0.545. The summed E-state index contributed by atoms with van der Waals surface area (Å²) in [6.07, 6.45) is 4.03. The van der Waals surface area contributed by atoms with E-state index in [1.165, 1.54) is 0 Å². The lowest BCUT2D eigenvalue weighted by molar-refractivity contribution is -0.144. The average molecular weight is 516 g/mol. The van der Waals surface area contributed by atoms with Crippen molar-refractivity contribution in [3.63, 3.8) is 0 Å². The largest absolute Gasteiger partial charge is 0.473 e. The van der Waals surface area contributed by atoms with Crippen LogP contribution in [0.25, 0.3) is 11.3 Å². The maximum atomic E-state index is 12.5. The van der Waals surface area contributed by atoms with Crippen LogP contribution in [0, 0.1) is 0 Å². The van der Waals surface area contributed by atoms with Gasteiger partial charge in [-0.2, -0.15) is 0 Å². The van der Waals surface area contributed by atoms with Crippen molar-refractivity contribution in [3.05, 3.63) is 89.9 Å². The molecule has 1 aromatic carbocycles. The van der Waals surface area contributed by atoms with Gasteiger partial charge in [-0.05, 0) is 42.7 Å². The maximum Gasteiger partial charge on any atom is 0.322 e. The van der Waals surface area contributed by atoms with Gasteiger partial charge in [-0.25, -0.2) is 9.97 Å². The summed E-state index contributed by atoms with van der Waals surface area (Å²) in [5, 5.41) is 6.95. The van der Waals surface area contributed by atoms with Gasteiger partial charge in [0.25, 0.3) is 0 Å². The summed E-state index contributed by atoms with van der Waals surface area (Å²) in [6.45, 7) is 2.37. The van der Waals surface area contributed by atoms with Crippen LogP contribution in [0.3, 0.4) is 0 Å². The highest BCUT2D eigenvalue weighted by Crippen LogP contribution is 2.27. The fourth-order valence-electron chi connectivity index (χ4n) is 3.63. The third kappa shape index (κ3) is 7.47. The number of aromatic nitrogens is 3. The second-order valence-electron chi connectivity index (χ2n) is 8.48. The predicted octanol–water partition coefficient (Wildman–Crippen LogP) is 3.91. The van der Waals surface area contributed by atoms with Crippen LogP contribution < -0.4 is 15.8 Å². The zero-order chi connectivity index (χ0) is 26.7. The number of ether oxygens (including phenoxy) is 2.